The summed E-state index contributed by atoms with van der Waals surface area (Å²) in [5.41, 5.74) is 3.45. The maximum atomic E-state index is 3.78. The monoisotopic (exact) mass is 243 g/mol. The van der Waals surface area contributed by atoms with Crippen molar-refractivity contribution in [2.45, 2.75) is 57.4 Å². The maximum absolute atomic E-state index is 3.78. The van der Waals surface area contributed by atoms with E-state index in [9.17, 15) is 0 Å². The Balaban J connectivity index is 1.79. The quantitative estimate of drug-likeness (QED) is 0.846. The summed E-state index contributed by atoms with van der Waals surface area (Å²) in [5.74, 6) is 1.58. The highest BCUT2D eigenvalue weighted by atomic mass is 15.0. The van der Waals surface area contributed by atoms with Crippen LogP contribution in [0.5, 0.6) is 0 Å². The molecule has 98 valence electrons. The molecule has 3 rings (SSSR count). The molecule has 1 saturated carbocycles. The molecule has 1 atom stereocenters. The van der Waals surface area contributed by atoms with Crippen LogP contribution in [0, 0.1) is 5.92 Å². The lowest BCUT2D eigenvalue weighted by Crippen LogP contribution is -2.46. The largest absolute Gasteiger partial charge is 0.311 e. The van der Waals surface area contributed by atoms with Gasteiger partial charge in [-0.05, 0) is 61.6 Å². The predicted octanol–water partition coefficient (Wildman–Crippen LogP) is 3.88. The summed E-state index contributed by atoms with van der Waals surface area (Å²) in [5, 5.41) is 3.78. The summed E-state index contributed by atoms with van der Waals surface area (Å²) in [6, 6.07) is 9.34. The summed E-state index contributed by atoms with van der Waals surface area (Å²) in [7, 11) is 0. The van der Waals surface area contributed by atoms with E-state index in [1.54, 1.807) is 5.56 Å². The number of nitrogens with one attached hydrogen (secondary N) is 1. The van der Waals surface area contributed by atoms with E-state index in [0.29, 0.717) is 11.5 Å². The van der Waals surface area contributed by atoms with Gasteiger partial charge in [-0.1, -0.05) is 38.1 Å². The summed E-state index contributed by atoms with van der Waals surface area (Å²) < 4.78 is 0. The Kier molecular flexibility index (Phi) is 3.19. The van der Waals surface area contributed by atoms with Crippen LogP contribution in [-0.4, -0.2) is 12.1 Å². The van der Waals surface area contributed by atoms with Crippen molar-refractivity contribution in [2.24, 2.45) is 5.92 Å². The van der Waals surface area contributed by atoms with Gasteiger partial charge >= 0.3 is 0 Å². The van der Waals surface area contributed by atoms with E-state index in [0.717, 1.165) is 5.92 Å². The van der Waals surface area contributed by atoms with E-state index in [1.165, 1.54) is 44.2 Å². The van der Waals surface area contributed by atoms with Crippen LogP contribution < -0.4 is 5.32 Å². The van der Waals surface area contributed by atoms with Crippen molar-refractivity contribution in [3.63, 3.8) is 0 Å². The molecule has 1 heteroatoms. The van der Waals surface area contributed by atoms with Gasteiger partial charge in [0.2, 0.25) is 0 Å². The molecule has 0 spiro atoms. The second-order valence-electron chi connectivity index (χ2n) is 6.54. The molecule has 2 aliphatic rings. The van der Waals surface area contributed by atoms with Gasteiger partial charge in [0.05, 0.1) is 0 Å². The minimum Gasteiger partial charge on any atom is -0.311 e. The summed E-state index contributed by atoms with van der Waals surface area (Å²) in [6.07, 6.45) is 6.66. The van der Waals surface area contributed by atoms with Crippen LogP contribution in [0.4, 0.5) is 0 Å². The van der Waals surface area contributed by atoms with Gasteiger partial charge in [-0.15, -0.1) is 0 Å². The molecule has 1 unspecified atom stereocenters. The Labute approximate surface area is 111 Å². The molecule has 1 aliphatic heterocycles. The zero-order valence-corrected chi connectivity index (χ0v) is 11.7. The molecule has 1 heterocycles. The third-order valence-corrected chi connectivity index (χ3v) is 4.90. The molecule has 1 aromatic carbocycles. The van der Waals surface area contributed by atoms with Crippen LogP contribution in [0.3, 0.4) is 0 Å². The van der Waals surface area contributed by atoms with Crippen molar-refractivity contribution in [3.05, 3.63) is 35.4 Å². The smallest absolute Gasteiger partial charge is 0.0245 e. The Morgan fingerprint density at radius 2 is 2.17 bits per heavy atom. The van der Waals surface area contributed by atoms with Gasteiger partial charge in [0.1, 0.15) is 0 Å². The van der Waals surface area contributed by atoms with Crippen LogP contribution >= 0.6 is 0 Å². The van der Waals surface area contributed by atoms with Gasteiger partial charge in [0.25, 0.3) is 0 Å². The van der Waals surface area contributed by atoms with Gasteiger partial charge in [0, 0.05) is 5.54 Å². The fourth-order valence-electron chi connectivity index (χ4n) is 3.42. The first kappa shape index (κ1) is 12.2. The zero-order chi connectivity index (χ0) is 12.6. The molecule has 1 saturated heterocycles. The van der Waals surface area contributed by atoms with Crippen LogP contribution in [0.25, 0.3) is 0 Å². The molecule has 1 nitrogen and oxygen atoms in total. The van der Waals surface area contributed by atoms with E-state index >= 15 is 0 Å². The zero-order valence-electron chi connectivity index (χ0n) is 11.7. The third-order valence-electron chi connectivity index (χ3n) is 4.90. The lowest BCUT2D eigenvalue weighted by molar-refractivity contribution is 0.269. The Bertz CT molecular complexity index is 411. The van der Waals surface area contributed by atoms with Gasteiger partial charge in [-0.2, -0.15) is 0 Å². The van der Waals surface area contributed by atoms with Crippen molar-refractivity contribution < 1.29 is 0 Å². The SMILES string of the molecule is CC(C)C1(Cc2cccc(C3CC3)c2)CCCN1. The Morgan fingerprint density at radius 3 is 2.78 bits per heavy atom. The molecule has 18 heavy (non-hydrogen) atoms. The minimum atomic E-state index is 0.349. The highest BCUT2D eigenvalue weighted by molar-refractivity contribution is 5.30. The Hall–Kier alpha value is -0.820. The molecule has 0 bridgehead atoms. The van der Waals surface area contributed by atoms with E-state index in [4.69, 9.17) is 0 Å². The van der Waals surface area contributed by atoms with E-state index in [1.807, 2.05) is 0 Å². The van der Waals surface area contributed by atoms with Crippen molar-refractivity contribution >= 4 is 0 Å². The van der Waals surface area contributed by atoms with Crippen LogP contribution in [0.1, 0.15) is 56.6 Å². The molecule has 1 N–H and O–H groups in total. The first-order valence-corrected chi connectivity index (χ1v) is 7.53. The van der Waals surface area contributed by atoms with Crippen molar-refractivity contribution in [1.82, 2.24) is 5.32 Å². The topological polar surface area (TPSA) is 12.0 Å². The van der Waals surface area contributed by atoms with Gasteiger partial charge in [-0.3, -0.25) is 0 Å². The molecular weight excluding hydrogens is 218 g/mol. The summed E-state index contributed by atoms with van der Waals surface area (Å²) >= 11 is 0. The average Bonchev–Trinajstić information content (AvgIpc) is 3.10. The van der Waals surface area contributed by atoms with E-state index in [-0.39, 0.29) is 0 Å². The van der Waals surface area contributed by atoms with Gasteiger partial charge in [-0.25, -0.2) is 0 Å². The highest BCUT2D eigenvalue weighted by Gasteiger charge is 2.36. The van der Waals surface area contributed by atoms with Crippen LogP contribution in [0.2, 0.25) is 0 Å². The standard InChI is InChI=1S/C17H25N/c1-13(2)17(9-4-10-18-17)12-14-5-3-6-16(11-14)15-7-8-15/h3,5-6,11,13,15,18H,4,7-10,12H2,1-2H3. The Morgan fingerprint density at radius 1 is 1.33 bits per heavy atom. The molecule has 1 aliphatic carbocycles. The molecule has 2 fully saturated rings. The highest BCUT2D eigenvalue weighted by Crippen LogP contribution is 2.40. The van der Waals surface area contributed by atoms with E-state index in [2.05, 4.69) is 43.4 Å². The number of hydrogen-bond acceptors (Lipinski definition) is 1. The van der Waals surface area contributed by atoms with E-state index < -0.39 is 0 Å². The van der Waals surface area contributed by atoms with Gasteiger partial charge < -0.3 is 5.32 Å². The third kappa shape index (κ3) is 2.33. The van der Waals surface area contributed by atoms with Crippen molar-refractivity contribution in [2.75, 3.05) is 6.54 Å². The second-order valence-corrected chi connectivity index (χ2v) is 6.54. The molecule has 1 aromatic rings. The molecular formula is C17H25N. The number of hydrogen-bond donors (Lipinski definition) is 1. The maximum Gasteiger partial charge on any atom is 0.0245 e. The van der Waals surface area contributed by atoms with Crippen molar-refractivity contribution in [3.8, 4) is 0 Å². The fraction of sp³-hybridized carbons (Fsp3) is 0.647. The first-order valence-electron chi connectivity index (χ1n) is 7.53. The van der Waals surface area contributed by atoms with Crippen molar-refractivity contribution in [1.29, 1.82) is 0 Å². The number of rotatable bonds is 4. The van der Waals surface area contributed by atoms with Crippen LogP contribution in [-0.2, 0) is 6.42 Å². The summed E-state index contributed by atoms with van der Waals surface area (Å²) in [6.45, 7) is 5.92. The second kappa shape index (κ2) is 4.70. The fourth-order valence-corrected chi connectivity index (χ4v) is 3.42. The van der Waals surface area contributed by atoms with Gasteiger partial charge in [0.15, 0.2) is 0 Å². The molecule has 0 amide bonds. The molecule has 0 radical (unpaired) electrons. The minimum absolute atomic E-state index is 0.349. The molecule has 0 aromatic heterocycles. The number of benzene rings is 1. The first-order chi connectivity index (χ1) is 8.70. The predicted molar refractivity (Wildman–Crippen MR) is 76.9 cm³/mol. The lowest BCUT2D eigenvalue weighted by atomic mass is 9.79. The lowest BCUT2D eigenvalue weighted by Gasteiger charge is -2.34. The normalized spacial score (nSPS) is 27.9. The van der Waals surface area contributed by atoms with Crippen LogP contribution in [0.15, 0.2) is 24.3 Å². The summed E-state index contributed by atoms with van der Waals surface area (Å²) in [4.78, 5) is 0. The average molecular weight is 243 g/mol.